The van der Waals surface area contributed by atoms with Crippen LogP contribution >= 0.6 is 24.8 Å². The van der Waals surface area contributed by atoms with E-state index in [9.17, 15) is 13.2 Å². The van der Waals surface area contributed by atoms with Crippen LogP contribution in [0.25, 0.3) is 10.8 Å². The highest BCUT2D eigenvalue weighted by molar-refractivity contribution is 7.89. The Kier molecular flexibility index (Phi) is 8.30. The van der Waals surface area contributed by atoms with Gasteiger partial charge in [0.25, 0.3) is 0 Å². The smallest absolute Gasteiger partial charge is 0.410 e. The van der Waals surface area contributed by atoms with Crippen LogP contribution in [0.2, 0.25) is 0 Å². The number of hydrogen-bond acceptors (Lipinski definition) is 5. The summed E-state index contributed by atoms with van der Waals surface area (Å²) in [7, 11) is -3.70. The SMILES string of the molecule is C[C@@H]1CN(C(=O)OC(C)(C)C)CCN1S(=O)(=O)c1cccc2cnccc12.Cl.Cl. The average Bonchev–Trinajstić information content (AvgIpc) is 2.59. The van der Waals surface area contributed by atoms with Gasteiger partial charge in [-0.2, -0.15) is 4.31 Å². The molecule has 2 aromatic rings. The number of nitrogens with zero attached hydrogens (tertiary/aromatic N) is 3. The molecular weight excluding hydrogens is 437 g/mol. The van der Waals surface area contributed by atoms with E-state index in [1.54, 1.807) is 42.4 Å². The number of carbonyl (C=O) groups excluding carboxylic acids is 1. The van der Waals surface area contributed by atoms with E-state index in [1.807, 2.05) is 26.8 Å². The zero-order valence-electron chi connectivity index (χ0n) is 16.9. The maximum absolute atomic E-state index is 13.3. The Labute approximate surface area is 184 Å². The summed E-state index contributed by atoms with van der Waals surface area (Å²) in [6, 6.07) is 6.53. The molecule has 0 radical (unpaired) electrons. The monoisotopic (exact) mass is 463 g/mol. The van der Waals surface area contributed by atoms with E-state index in [0.29, 0.717) is 18.5 Å². The number of sulfonamides is 1. The molecule has 2 heterocycles. The number of hydrogen-bond donors (Lipinski definition) is 0. The van der Waals surface area contributed by atoms with Crippen molar-refractivity contribution >= 4 is 51.7 Å². The third-order valence-corrected chi connectivity index (χ3v) is 6.52. The molecule has 0 saturated carbocycles. The molecule has 7 nitrogen and oxygen atoms in total. The number of benzene rings is 1. The van der Waals surface area contributed by atoms with Crippen molar-refractivity contribution in [3.05, 3.63) is 36.7 Å². The molecule has 0 aliphatic carbocycles. The van der Waals surface area contributed by atoms with Crippen molar-refractivity contribution in [2.45, 2.75) is 44.2 Å². The van der Waals surface area contributed by atoms with Crippen LogP contribution in [0.5, 0.6) is 0 Å². The minimum Gasteiger partial charge on any atom is -0.444 e. The van der Waals surface area contributed by atoms with Crippen LogP contribution in [0.3, 0.4) is 0 Å². The van der Waals surface area contributed by atoms with Crippen molar-refractivity contribution in [2.75, 3.05) is 19.6 Å². The van der Waals surface area contributed by atoms with E-state index in [0.717, 1.165) is 5.39 Å². The molecule has 1 amide bonds. The normalized spacial score (nSPS) is 17.9. The van der Waals surface area contributed by atoms with E-state index < -0.39 is 21.7 Å². The van der Waals surface area contributed by atoms with Crippen molar-refractivity contribution in [3.63, 3.8) is 0 Å². The van der Waals surface area contributed by atoms with E-state index in [4.69, 9.17) is 4.74 Å². The van der Waals surface area contributed by atoms with Gasteiger partial charge < -0.3 is 9.64 Å². The molecule has 0 bridgehead atoms. The van der Waals surface area contributed by atoms with E-state index in [1.165, 1.54) is 4.31 Å². The third-order valence-electron chi connectivity index (χ3n) is 4.45. The number of pyridine rings is 1. The van der Waals surface area contributed by atoms with Gasteiger partial charge in [0.1, 0.15) is 5.60 Å². The lowest BCUT2D eigenvalue weighted by Crippen LogP contribution is -2.56. The van der Waals surface area contributed by atoms with E-state index in [-0.39, 0.29) is 42.3 Å². The van der Waals surface area contributed by atoms with Crippen molar-refractivity contribution in [1.82, 2.24) is 14.2 Å². The fourth-order valence-electron chi connectivity index (χ4n) is 3.23. The van der Waals surface area contributed by atoms with Crippen molar-refractivity contribution in [2.24, 2.45) is 0 Å². The van der Waals surface area contributed by atoms with Crippen LogP contribution in [0.1, 0.15) is 27.7 Å². The summed E-state index contributed by atoms with van der Waals surface area (Å²) in [5.74, 6) is 0. The molecule has 1 aliphatic heterocycles. The highest BCUT2D eigenvalue weighted by atomic mass is 35.5. The Balaban J connectivity index is 0.00000210. The van der Waals surface area contributed by atoms with Gasteiger partial charge in [0.15, 0.2) is 0 Å². The van der Waals surface area contributed by atoms with E-state index >= 15 is 0 Å². The number of halogens is 2. The second kappa shape index (κ2) is 9.47. The fourth-order valence-corrected chi connectivity index (χ4v) is 5.06. The molecule has 3 rings (SSSR count). The molecule has 0 spiro atoms. The number of aromatic nitrogens is 1. The average molecular weight is 464 g/mol. The molecule has 1 aliphatic rings. The van der Waals surface area contributed by atoms with Crippen LogP contribution in [0.4, 0.5) is 4.79 Å². The largest absolute Gasteiger partial charge is 0.444 e. The highest BCUT2D eigenvalue weighted by Gasteiger charge is 2.37. The quantitative estimate of drug-likeness (QED) is 0.677. The molecule has 1 fully saturated rings. The van der Waals surface area contributed by atoms with Gasteiger partial charge in [-0.15, -0.1) is 24.8 Å². The number of fused-ring (bicyclic) bond motifs is 1. The minimum absolute atomic E-state index is 0. The van der Waals surface area contributed by atoms with Gasteiger partial charge in [0.05, 0.1) is 4.90 Å². The lowest BCUT2D eigenvalue weighted by atomic mass is 10.2. The predicted octanol–water partition coefficient (Wildman–Crippen LogP) is 3.71. The van der Waals surface area contributed by atoms with Gasteiger partial charge in [-0.25, -0.2) is 13.2 Å². The van der Waals surface area contributed by atoms with Gasteiger partial charge in [0.2, 0.25) is 10.0 Å². The second-order valence-electron chi connectivity index (χ2n) is 7.74. The first-order chi connectivity index (χ1) is 12.6. The van der Waals surface area contributed by atoms with Crippen LogP contribution in [-0.4, -0.2) is 60.0 Å². The number of piperazine rings is 1. The fraction of sp³-hybridized carbons (Fsp3) is 0.474. The van der Waals surface area contributed by atoms with Gasteiger partial charge >= 0.3 is 6.09 Å². The molecule has 1 atom stereocenters. The summed E-state index contributed by atoms with van der Waals surface area (Å²) >= 11 is 0. The summed E-state index contributed by atoms with van der Waals surface area (Å²) in [5.41, 5.74) is -0.583. The maximum Gasteiger partial charge on any atom is 0.410 e. The summed E-state index contributed by atoms with van der Waals surface area (Å²) in [6.45, 7) is 8.05. The second-order valence-corrected chi connectivity index (χ2v) is 9.60. The molecule has 0 N–H and O–H groups in total. The number of amides is 1. The first-order valence-electron chi connectivity index (χ1n) is 8.92. The lowest BCUT2D eigenvalue weighted by molar-refractivity contribution is 0.0143. The summed E-state index contributed by atoms with van der Waals surface area (Å²) in [4.78, 5) is 18.2. The molecule has 1 aromatic heterocycles. The van der Waals surface area contributed by atoms with Gasteiger partial charge in [0, 0.05) is 48.8 Å². The standard InChI is InChI=1S/C19H25N3O4S.2ClH/c1-14-13-21(18(23)26-19(2,3)4)10-11-22(14)27(24,25)17-7-5-6-15-12-20-9-8-16(15)17;;/h5-9,12,14H,10-11,13H2,1-4H3;2*1H/t14-;;/m1../s1. The molecule has 0 unspecified atom stereocenters. The minimum atomic E-state index is -3.70. The summed E-state index contributed by atoms with van der Waals surface area (Å²) in [6.07, 6.45) is 2.83. The highest BCUT2D eigenvalue weighted by Crippen LogP contribution is 2.28. The van der Waals surface area contributed by atoms with E-state index in [2.05, 4.69) is 4.98 Å². The van der Waals surface area contributed by atoms with Crippen LogP contribution in [0.15, 0.2) is 41.6 Å². The zero-order chi connectivity index (χ0) is 19.8. The molecule has 162 valence electrons. The van der Waals surface area contributed by atoms with Crippen LogP contribution < -0.4 is 0 Å². The predicted molar refractivity (Wildman–Crippen MR) is 117 cm³/mol. The molecule has 1 aromatic carbocycles. The lowest BCUT2D eigenvalue weighted by Gasteiger charge is -2.39. The number of carbonyl (C=O) groups is 1. The molecule has 29 heavy (non-hydrogen) atoms. The summed E-state index contributed by atoms with van der Waals surface area (Å²) < 4.78 is 33.4. The van der Waals surface area contributed by atoms with Gasteiger partial charge in [-0.3, -0.25) is 4.98 Å². The van der Waals surface area contributed by atoms with Crippen molar-refractivity contribution < 1.29 is 17.9 Å². The molecular formula is C19H27Cl2N3O4S. The Morgan fingerprint density at radius 3 is 2.48 bits per heavy atom. The van der Waals surface area contributed by atoms with Crippen LogP contribution in [0, 0.1) is 0 Å². The van der Waals surface area contributed by atoms with Crippen molar-refractivity contribution in [3.8, 4) is 0 Å². The molecule has 1 saturated heterocycles. The Morgan fingerprint density at radius 1 is 1.17 bits per heavy atom. The topological polar surface area (TPSA) is 79.8 Å². The Bertz CT molecular complexity index is 958. The summed E-state index contributed by atoms with van der Waals surface area (Å²) in [5, 5.41) is 1.42. The first-order valence-corrected chi connectivity index (χ1v) is 10.4. The Morgan fingerprint density at radius 2 is 1.86 bits per heavy atom. The number of rotatable bonds is 2. The zero-order valence-corrected chi connectivity index (χ0v) is 19.3. The molecule has 10 heteroatoms. The van der Waals surface area contributed by atoms with Gasteiger partial charge in [-0.05, 0) is 39.8 Å². The van der Waals surface area contributed by atoms with Crippen molar-refractivity contribution in [1.29, 1.82) is 0 Å². The first kappa shape index (κ1) is 25.4. The third kappa shape index (κ3) is 5.51. The van der Waals surface area contributed by atoms with Crippen LogP contribution in [-0.2, 0) is 14.8 Å². The number of ether oxygens (including phenoxy) is 1. The Hall–Kier alpha value is -1.61. The maximum atomic E-state index is 13.3. The van der Waals surface area contributed by atoms with Gasteiger partial charge in [-0.1, -0.05) is 12.1 Å².